The van der Waals surface area contributed by atoms with Crippen LogP contribution in [0.2, 0.25) is 5.02 Å². The molecule has 1 aromatic heterocycles. The summed E-state index contributed by atoms with van der Waals surface area (Å²) in [6.07, 6.45) is 1.26. The summed E-state index contributed by atoms with van der Waals surface area (Å²) in [4.78, 5) is 15.2. The molecular formula is C14H16ClN3O. The summed E-state index contributed by atoms with van der Waals surface area (Å²) in [5.41, 5.74) is 4.23. The van der Waals surface area contributed by atoms with Crippen molar-refractivity contribution in [2.75, 3.05) is 18.4 Å². The second kappa shape index (κ2) is 4.78. The highest BCUT2D eigenvalue weighted by molar-refractivity contribution is 6.32. The first kappa shape index (κ1) is 12.4. The van der Waals surface area contributed by atoms with Gasteiger partial charge >= 0.3 is 0 Å². The number of benzene rings is 1. The van der Waals surface area contributed by atoms with Crippen molar-refractivity contribution in [2.45, 2.75) is 19.8 Å². The van der Waals surface area contributed by atoms with E-state index in [0.717, 1.165) is 40.8 Å². The van der Waals surface area contributed by atoms with Crippen molar-refractivity contribution < 1.29 is 4.79 Å². The van der Waals surface area contributed by atoms with Crippen LogP contribution in [0.3, 0.4) is 0 Å². The van der Waals surface area contributed by atoms with Crippen molar-refractivity contribution in [2.24, 2.45) is 0 Å². The number of anilines is 1. The molecule has 1 aliphatic heterocycles. The predicted octanol–water partition coefficient (Wildman–Crippen LogP) is 2.47. The zero-order valence-electron chi connectivity index (χ0n) is 10.8. The number of fused-ring (bicyclic) bond motifs is 3. The van der Waals surface area contributed by atoms with E-state index in [4.69, 9.17) is 11.6 Å². The van der Waals surface area contributed by atoms with E-state index >= 15 is 0 Å². The first-order chi connectivity index (χ1) is 9.19. The van der Waals surface area contributed by atoms with Crippen molar-refractivity contribution >= 4 is 34.1 Å². The van der Waals surface area contributed by atoms with Crippen LogP contribution in [0.1, 0.15) is 18.2 Å². The summed E-state index contributed by atoms with van der Waals surface area (Å²) in [6, 6.07) is 3.84. The topological polar surface area (TPSA) is 56.9 Å². The minimum Gasteiger partial charge on any atom is -0.385 e. The molecule has 3 rings (SSSR count). The number of aromatic nitrogens is 1. The third-order valence-corrected chi connectivity index (χ3v) is 3.67. The molecule has 19 heavy (non-hydrogen) atoms. The van der Waals surface area contributed by atoms with Gasteiger partial charge in [0.2, 0.25) is 5.91 Å². The summed E-state index contributed by atoms with van der Waals surface area (Å²) >= 11 is 6.14. The molecule has 0 spiro atoms. The van der Waals surface area contributed by atoms with E-state index in [-0.39, 0.29) is 5.91 Å². The van der Waals surface area contributed by atoms with E-state index in [1.165, 1.54) is 0 Å². The quantitative estimate of drug-likeness (QED) is 0.790. The van der Waals surface area contributed by atoms with Gasteiger partial charge in [-0.15, -0.1) is 0 Å². The van der Waals surface area contributed by atoms with Gasteiger partial charge in [-0.3, -0.25) is 4.79 Å². The maximum atomic E-state index is 11.8. The molecule has 0 unspecified atom stereocenters. The molecule has 0 radical (unpaired) electrons. The third-order valence-electron chi connectivity index (χ3n) is 3.46. The van der Waals surface area contributed by atoms with Crippen LogP contribution in [0, 0.1) is 0 Å². The Morgan fingerprint density at radius 1 is 1.42 bits per heavy atom. The van der Waals surface area contributed by atoms with Crippen LogP contribution in [0.4, 0.5) is 5.69 Å². The van der Waals surface area contributed by atoms with Crippen LogP contribution in [0.15, 0.2) is 12.1 Å². The highest BCUT2D eigenvalue weighted by Crippen LogP contribution is 2.33. The van der Waals surface area contributed by atoms with Crippen molar-refractivity contribution in [1.82, 2.24) is 10.3 Å². The van der Waals surface area contributed by atoms with E-state index in [2.05, 4.69) is 15.6 Å². The number of halogens is 1. The molecule has 5 heteroatoms. The van der Waals surface area contributed by atoms with E-state index in [1.54, 1.807) is 0 Å². The van der Waals surface area contributed by atoms with Gasteiger partial charge in [0.1, 0.15) is 0 Å². The Labute approximate surface area is 116 Å². The van der Waals surface area contributed by atoms with Gasteiger partial charge in [-0.1, -0.05) is 11.6 Å². The number of hydrogen-bond donors (Lipinski definition) is 3. The van der Waals surface area contributed by atoms with Crippen molar-refractivity contribution in [3.63, 3.8) is 0 Å². The minimum absolute atomic E-state index is 0.0806. The number of nitrogens with one attached hydrogen (secondary N) is 3. The molecule has 1 aliphatic rings. The largest absolute Gasteiger partial charge is 0.385 e. The van der Waals surface area contributed by atoms with E-state index < -0.39 is 0 Å². The molecule has 100 valence electrons. The van der Waals surface area contributed by atoms with E-state index in [1.807, 2.05) is 19.1 Å². The Hall–Kier alpha value is -1.68. The molecule has 4 nitrogen and oxygen atoms in total. The van der Waals surface area contributed by atoms with Gasteiger partial charge in [0, 0.05) is 46.8 Å². The van der Waals surface area contributed by atoms with Crippen LogP contribution >= 0.6 is 11.6 Å². The highest BCUT2D eigenvalue weighted by atomic mass is 35.5. The first-order valence-electron chi connectivity index (χ1n) is 6.52. The van der Waals surface area contributed by atoms with Crippen LogP contribution in [0.25, 0.3) is 10.9 Å². The van der Waals surface area contributed by atoms with E-state index in [9.17, 15) is 4.79 Å². The van der Waals surface area contributed by atoms with Gasteiger partial charge in [-0.05, 0) is 24.6 Å². The van der Waals surface area contributed by atoms with Crippen LogP contribution < -0.4 is 10.6 Å². The highest BCUT2D eigenvalue weighted by Gasteiger charge is 2.20. The molecule has 1 amide bonds. The summed E-state index contributed by atoms with van der Waals surface area (Å²) in [7, 11) is 0. The lowest BCUT2D eigenvalue weighted by molar-refractivity contribution is -0.120. The lowest BCUT2D eigenvalue weighted by Crippen LogP contribution is -2.24. The predicted molar refractivity (Wildman–Crippen MR) is 77.9 cm³/mol. The van der Waals surface area contributed by atoms with Gasteiger partial charge in [0.05, 0.1) is 6.42 Å². The third kappa shape index (κ3) is 2.16. The van der Waals surface area contributed by atoms with Gasteiger partial charge in [0.15, 0.2) is 0 Å². The summed E-state index contributed by atoms with van der Waals surface area (Å²) in [5, 5.41) is 8.02. The minimum atomic E-state index is 0.0806. The fraction of sp³-hybridized carbons (Fsp3) is 0.357. The average Bonchev–Trinajstić information content (AvgIpc) is 2.57. The molecule has 2 heterocycles. The second-order valence-electron chi connectivity index (χ2n) is 4.77. The lowest BCUT2D eigenvalue weighted by Gasteiger charge is -2.08. The second-order valence-corrected chi connectivity index (χ2v) is 5.20. The maximum Gasteiger partial charge on any atom is 0.224 e. The Bertz CT molecular complexity index is 648. The van der Waals surface area contributed by atoms with E-state index in [0.29, 0.717) is 18.0 Å². The molecule has 0 fully saturated rings. The van der Waals surface area contributed by atoms with Gasteiger partial charge in [0.25, 0.3) is 0 Å². The standard InChI is InChI=1S/C14H16ClN3O/c1-2-16-11-5-8(15)6-12-14(11)9-7-13(19)17-4-3-10(9)18-12/h5-6,16,18H,2-4,7H2,1H3,(H,17,19). The molecule has 0 saturated heterocycles. The number of carbonyl (C=O) groups excluding carboxylic acids is 1. The smallest absolute Gasteiger partial charge is 0.224 e. The fourth-order valence-corrected chi connectivity index (χ4v) is 2.93. The zero-order valence-corrected chi connectivity index (χ0v) is 11.5. The Kier molecular flexibility index (Phi) is 3.11. The fourth-order valence-electron chi connectivity index (χ4n) is 2.71. The molecule has 3 N–H and O–H groups in total. The Balaban J connectivity index is 2.24. The van der Waals surface area contributed by atoms with Gasteiger partial charge in [-0.25, -0.2) is 0 Å². The Morgan fingerprint density at radius 3 is 3.05 bits per heavy atom. The Morgan fingerprint density at radius 2 is 2.26 bits per heavy atom. The zero-order chi connectivity index (χ0) is 13.4. The SMILES string of the molecule is CCNc1cc(Cl)cc2[nH]c3c(c12)CC(=O)NCC3. The van der Waals surface area contributed by atoms with Crippen molar-refractivity contribution in [3.05, 3.63) is 28.4 Å². The molecular weight excluding hydrogens is 262 g/mol. The lowest BCUT2D eigenvalue weighted by atomic mass is 10.0. The number of hydrogen-bond acceptors (Lipinski definition) is 2. The van der Waals surface area contributed by atoms with Crippen molar-refractivity contribution in [1.29, 1.82) is 0 Å². The molecule has 0 atom stereocenters. The molecule has 0 aliphatic carbocycles. The van der Waals surface area contributed by atoms with Crippen LogP contribution in [-0.4, -0.2) is 24.0 Å². The number of amides is 1. The molecule has 0 bridgehead atoms. The number of rotatable bonds is 2. The average molecular weight is 278 g/mol. The van der Waals surface area contributed by atoms with Gasteiger partial charge in [-0.2, -0.15) is 0 Å². The molecule has 2 aromatic rings. The van der Waals surface area contributed by atoms with Crippen molar-refractivity contribution in [3.8, 4) is 0 Å². The molecule has 0 saturated carbocycles. The van der Waals surface area contributed by atoms with Crippen LogP contribution in [-0.2, 0) is 17.6 Å². The first-order valence-corrected chi connectivity index (χ1v) is 6.90. The monoisotopic (exact) mass is 277 g/mol. The van der Waals surface area contributed by atoms with Crippen LogP contribution in [0.5, 0.6) is 0 Å². The maximum absolute atomic E-state index is 11.8. The number of aromatic amines is 1. The summed E-state index contributed by atoms with van der Waals surface area (Å²) in [5.74, 6) is 0.0806. The number of carbonyl (C=O) groups is 1. The summed E-state index contributed by atoms with van der Waals surface area (Å²) in [6.45, 7) is 3.55. The number of H-pyrrole nitrogens is 1. The summed E-state index contributed by atoms with van der Waals surface area (Å²) < 4.78 is 0. The van der Waals surface area contributed by atoms with Gasteiger partial charge < -0.3 is 15.6 Å². The normalized spacial score (nSPS) is 14.9. The molecule has 1 aromatic carbocycles.